The molecule has 0 amide bonds. The molecule has 0 atom stereocenters. The van der Waals surface area contributed by atoms with Gasteiger partial charge in [-0.3, -0.25) is 0 Å². The average molecular weight is 384 g/mol. The van der Waals surface area contributed by atoms with Gasteiger partial charge in [0.2, 0.25) is 11.9 Å². The maximum Gasteiger partial charge on any atom is 0.247 e. The summed E-state index contributed by atoms with van der Waals surface area (Å²) >= 11 is 12.8. The summed E-state index contributed by atoms with van der Waals surface area (Å²) < 4.78 is 7.72. The van der Waals surface area contributed by atoms with Crippen LogP contribution in [0.4, 0.5) is 11.9 Å². The maximum absolute atomic E-state index is 5.92. The summed E-state index contributed by atoms with van der Waals surface area (Å²) in [5, 5.41) is 8.59. The highest BCUT2D eigenvalue weighted by atomic mass is 35.5. The topological polar surface area (TPSA) is 55.2 Å². The number of ether oxygens (including phenoxy) is 1. The van der Waals surface area contributed by atoms with Gasteiger partial charge in [-0.05, 0) is 24.0 Å². The van der Waals surface area contributed by atoms with Crippen LogP contribution in [-0.2, 0) is 11.3 Å². The number of thiocarbonyl (C=S) groups is 1. The lowest BCUT2D eigenvalue weighted by molar-refractivity contribution is 0.122. The van der Waals surface area contributed by atoms with E-state index < -0.39 is 0 Å². The van der Waals surface area contributed by atoms with Crippen molar-refractivity contribution in [3.63, 3.8) is 0 Å². The molecule has 1 saturated heterocycles. The van der Waals surface area contributed by atoms with Gasteiger partial charge in [0.25, 0.3) is 0 Å². The molecule has 0 aliphatic carbocycles. The van der Waals surface area contributed by atoms with E-state index in [-0.39, 0.29) is 0 Å². The van der Waals surface area contributed by atoms with Crippen molar-refractivity contribution in [3.05, 3.63) is 34.9 Å². The van der Waals surface area contributed by atoms with Crippen LogP contribution in [0.15, 0.2) is 24.3 Å². The summed E-state index contributed by atoms with van der Waals surface area (Å²) in [4.78, 5) is 6.73. The smallest absolute Gasteiger partial charge is 0.247 e. The Balaban J connectivity index is 1.77. The highest BCUT2D eigenvalue weighted by molar-refractivity contribution is 8.22. The molecule has 1 fully saturated rings. The molecular formula is C15H18ClN5OS2. The third-order valence-electron chi connectivity index (χ3n) is 3.60. The highest BCUT2D eigenvalue weighted by Gasteiger charge is 2.19. The number of halogens is 1. The molecule has 1 aromatic carbocycles. The number of aromatic nitrogens is 3. The lowest BCUT2D eigenvalue weighted by Gasteiger charge is -2.25. The molecule has 1 aromatic heterocycles. The number of nitrogens with one attached hydrogen (secondary N) is 1. The third-order valence-corrected chi connectivity index (χ3v) is 5.05. The van der Waals surface area contributed by atoms with Gasteiger partial charge in [0, 0.05) is 24.7 Å². The average Bonchev–Trinajstić information content (AvgIpc) is 3.05. The number of rotatable bonds is 4. The second-order valence-corrected chi connectivity index (χ2v) is 7.07. The Morgan fingerprint density at radius 2 is 2.04 bits per heavy atom. The van der Waals surface area contributed by atoms with E-state index in [1.807, 2.05) is 30.5 Å². The number of hydrogen-bond donors (Lipinski definition) is 1. The van der Waals surface area contributed by atoms with E-state index in [4.69, 9.17) is 28.6 Å². The largest absolute Gasteiger partial charge is 0.378 e. The number of nitrogens with zero attached hydrogens (tertiary/aromatic N) is 4. The van der Waals surface area contributed by atoms with E-state index in [1.54, 1.807) is 4.68 Å². The van der Waals surface area contributed by atoms with Crippen molar-refractivity contribution < 1.29 is 4.74 Å². The number of morpholine rings is 1. The Hall–Kier alpha value is -1.35. The van der Waals surface area contributed by atoms with Crippen LogP contribution < -0.4 is 10.2 Å². The first-order valence-corrected chi connectivity index (χ1v) is 9.55. The molecule has 0 radical (unpaired) electrons. The zero-order valence-corrected chi connectivity index (χ0v) is 15.6. The van der Waals surface area contributed by atoms with Gasteiger partial charge in [0.1, 0.15) is 0 Å². The van der Waals surface area contributed by atoms with Crippen molar-refractivity contribution in [2.45, 2.75) is 6.54 Å². The molecule has 2 aromatic rings. The van der Waals surface area contributed by atoms with Crippen LogP contribution >= 0.6 is 35.6 Å². The Bertz CT molecular complexity index is 700. The van der Waals surface area contributed by atoms with E-state index in [2.05, 4.69) is 20.3 Å². The third kappa shape index (κ3) is 4.18. The van der Waals surface area contributed by atoms with E-state index in [0.29, 0.717) is 36.0 Å². The summed E-state index contributed by atoms with van der Waals surface area (Å²) in [5.41, 5.74) is 1.11. The van der Waals surface area contributed by atoms with Crippen LogP contribution in [0.3, 0.4) is 0 Å². The Kier molecular flexibility index (Phi) is 5.94. The standard InChI is InChI=1S/C15H18ClN5OS2/c1-24-15(23)21-13(17-10-11-2-4-12(16)5-3-11)18-14(19-21)20-6-8-22-9-7-20/h2-5H,6-10H2,1H3,(H,17,18,19). The van der Waals surface area contributed by atoms with Gasteiger partial charge in [0.05, 0.1) is 13.2 Å². The zero-order chi connectivity index (χ0) is 16.9. The van der Waals surface area contributed by atoms with Crippen LogP contribution in [0, 0.1) is 0 Å². The highest BCUT2D eigenvalue weighted by Crippen LogP contribution is 2.18. The molecule has 0 unspecified atom stereocenters. The molecule has 24 heavy (non-hydrogen) atoms. The van der Waals surface area contributed by atoms with Gasteiger partial charge in [-0.2, -0.15) is 9.67 Å². The first-order chi connectivity index (χ1) is 11.7. The minimum Gasteiger partial charge on any atom is -0.378 e. The van der Waals surface area contributed by atoms with Crippen molar-refractivity contribution in [3.8, 4) is 0 Å². The fourth-order valence-corrected chi connectivity index (χ4v) is 2.86. The van der Waals surface area contributed by atoms with Crippen LogP contribution in [0.25, 0.3) is 0 Å². The Morgan fingerprint density at radius 1 is 1.33 bits per heavy atom. The monoisotopic (exact) mass is 383 g/mol. The van der Waals surface area contributed by atoms with Gasteiger partial charge in [-0.1, -0.05) is 47.7 Å². The predicted molar refractivity (Wildman–Crippen MR) is 103 cm³/mol. The molecule has 1 aliphatic rings. The number of hydrogen-bond acceptors (Lipinski definition) is 7. The molecule has 128 valence electrons. The van der Waals surface area contributed by atoms with Crippen molar-refractivity contribution in [2.75, 3.05) is 42.8 Å². The summed E-state index contributed by atoms with van der Waals surface area (Å²) in [6.45, 7) is 3.57. The molecule has 1 N–H and O–H groups in total. The van der Waals surface area contributed by atoms with Crippen molar-refractivity contribution in [2.24, 2.45) is 0 Å². The molecular weight excluding hydrogens is 366 g/mol. The number of benzene rings is 1. The SMILES string of the molecule is CSC(=S)n1nc(N2CCOCC2)nc1NCc1ccc(Cl)cc1. The maximum atomic E-state index is 5.92. The predicted octanol–water partition coefficient (Wildman–Crippen LogP) is 2.88. The van der Waals surface area contributed by atoms with Crippen molar-refractivity contribution >= 4 is 51.8 Å². The van der Waals surface area contributed by atoms with Gasteiger partial charge in [-0.15, -0.1) is 5.10 Å². The first-order valence-electron chi connectivity index (χ1n) is 7.54. The normalized spacial score (nSPS) is 14.7. The van der Waals surface area contributed by atoms with E-state index in [0.717, 1.165) is 23.7 Å². The van der Waals surface area contributed by atoms with Crippen LogP contribution in [-0.4, -0.2) is 51.6 Å². The fourth-order valence-electron chi connectivity index (χ4n) is 2.31. The number of thioether (sulfide) groups is 1. The Morgan fingerprint density at radius 3 is 2.71 bits per heavy atom. The second-order valence-electron chi connectivity index (χ2n) is 5.20. The molecule has 6 nitrogen and oxygen atoms in total. The summed E-state index contributed by atoms with van der Waals surface area (Å²) in [5.74, 6) is 1.32. The van der Waals surface area contributed by atoms with Gasteiger partial charge >= 0.3 is 0 Å². The van der Waals surface area contributed by atoms with E-state index in [9.17, 15) is 0 Å². The molecule has 0 saturated carbocycles. The van der Waals surface area contributed by atoms with Crippen molar-refractivity contribution in [1.29, 1.82) is 0 Å². The van der Waals surface area contributed by atoms with Gasteiger partial charge in [-0.25, -0.2) is 0 Å². The molecule has 9 heteroatoms. The first kappa shape index (κ1) is 17.5. The number of anilines is 2. The fraction of sp³-hybridized carbons (Fsp3) is 0.400. The Labute approximate surface area is 155 Å². The molecule has 3 rings (SSSR count). The summed E-state index contributed by atoms with van der Waals surface area (Å²) in [6.07, 6.45) is 1.93. The molecule has 0 bridgehead atoms. The quantitative estimate of drug-likeness (QED) is 0.814. The van der Waals surface area contributed by atoms with Crippen molar-refractivity contribution in [1.82, 2.24) is 14.8 Å². The lowest BCUT2D eigenvalue weighted by atomic mass is 10.2. The van der Waals surface area contributed by atoms with Crippen LogP contribution in [0.1, 0.15) is 5.56 Å². The minimum absolute atomic E-state index is 0.620. The van der Waals surface area contributed by atoms with Gasteiger partial charge in [0.15, 0.2) is 4.32 Å². The van der Waals surface area contributed by atoms with Crippen LogP contribution in [0.2, 0.25) is 5.02 Å². The minimum atomic E-state index is 0.620. The second kappa shape index (κ2) is 8.15. The molecule has 0 spiro atoms. The van der Waals surface area contributed by atoms with E-state index >= 15 is 0 Å². The molecule has 1 aliphatic heterocycles. The molecule has 2 heterocycles. The zero-order valence-electron chi connectivity index (χ0n) is 13.2. The van der Waals surface area contributed by atoms with Gasteiger partial charge < -0.3 is 15.0 Å². The lowest BCUT2D eigenvalue weighted by Crippen LogP contribution is -2.37. The summed E-state index contributed by atoms with van der Waals surface area (Å²) in [7, 11) is 0. The van der Waals surface area contributed by atoms with Crippen LogP contribution in [0.5, 0.6) is 0 Å². The summed E-state index contributed by atoms with van der Waals surface area (Å²) in [6, 6.07) is 7.70. The van der Waals surface area contributed by atoms with E-state index in [1.165, 1.54) is 11.8 Å².